The highest BCUT2D eigenvalue weighted by Crippen LogP contribution is 2.12. The molecule has 4 amide bonds. The fourth-order valence-electron chi connectivity index (χ4n) is 4.37. The minimum Gasteiger partial charge on any atom is -0.481 e. The van der Waals surface area contributed by atoms with Crippen molar-refractivity contribution in [2.75, 3.05) is 186 Å². The molecule has 25 nitrogen and oxygen atoms in total. The van der Waals surface area contributed by atoms with Crippen LogP contribution in [0.4, 0.5) is 0 Å². The number of carboxylic acids is 1. The number of amides is 4. The van der Waals surface area contributed by atoms with Crippen molar-refractivity contribution in [2.24, 2.45) is 0 Å². The molecule has 2 rings (SSSR count). The fraction of sp³-hybridized carbons (Fsp3) is 0.850. The van der Waals surface area contributed by atoms with E-state index in [9.17, 15) is 28.8 Å². The van der Waals surface area contributed by atoms with Gasteiger partial charge in [0.05, 0.1) is 185 Å². The number of hydrogen-bond acceptors (Lipinski definition) is 22. The van der Waals surface area contributed by atoms with Crippen LogP contribution >= 0.6 is 0 Å². The Morgan fingerprint density at radius 2 is 0.615 bits per heavy atom. The average molecular weight is 949 g/mol. The van der Waals surface area contributed by atoms with Gasteiger partial charge in [0.2, 0.25) is 0 Å². The molecular weight excluding hydrogens is 876 g/mol. The maximum absolute atomic E-state index is 11.6. The Bertz CT molecular complexity index is 1170. The minimum absolute atomic E-state index is 0.0102. The molecule has 2 N–H and O–H groups in total. The number of imide groups is 2. The van der Waals surface area contributed by atoms with Crippen molar-refractivity contribution in [3.8, 4) is 0 Å². The fourth-order valence-corrected chi connectivity index (χ4v) is 4.37. The molecule has 25 heteroatoms. The van der Waals surface area contributed by atoms with E-state index in [-0.39, 0.29) is 56.8 Å². The van der Waals surface area contributed by atoms with Crippen LogP contribution in [-0.4, -0.2) is 242 Å². The molecule has 0 spiro atoms. The van der Waals surface area contributed by atoms with Gasteiger partial charge in [-0.05, 0) is 0 Å². The summed E-state index contributed by atoms with van der Waals surface area (Å²) in [5.74, 6) is -3.57. The number of carboxylic acid groups (broad SMARTS) is 1. The molecule has 0 aliphatic carbocycles. The second-order valence-electron chi connectivity index (χ2n) is 12.9. The van der Waals surface area contributed by atoms with E-state index in [4.69, 9.17) is 81.5 Å². The van der Waals surface area contributed by atoms with Crippen LogP contribution in [0, 0.1) is 0 Å². The summed E-state index contributed by atoms with van der Waals surface area (Å²) in [7, 11) is 3.26. The molecule has 0 saturated carbocycles. The molecule has 2 saturated heterocycles. The molecule has 0 atom stereocenters. The van der Waals surface area contributed by atoms with Gasteiger partial charge in [0, 0.05) is 39.9 Å². The van der Waals surface area contributed by atoms with Gasteiger partial charge in [-0.15, -0.1) is 5.06 Å². The normalized spacial score (nSPS) is 13.6. The maximum Gasteiger partial charge on any atom is 0.335 e. The number of carbonyl (C=O) groups excluding carboxylic acids is 5. The van der Waals surface area contributed by atoms with Gasteiger partial charge < -0.3 is 76.3 Å². The van der Waals surface area contributed by atoms with Crippen LogP contribution in [0.3, 0.4) is 0 Å². The third-order valence-electron chi connectivity index (χ3n) is 7.72. The summed E-state index contributed by atoms with van der Waals surface area (Å²) in [5.41, 5.74) is 0. The van der Waals surface area contributed by atoms with Crippen LogP contribution in [0.1, 0.15) is 38.5 Å². The number of carbonyl (C=O) groups is 6. The second-order valence-corrected chi connectivity index (χ2v) is 12.9. The molecule has 0 unspecified atom stereocenters. The van der Waals surface area contributed by atoms with Crippen molar-refractivity contribution >= 4 is 35.6 Å². The topological polar surface area (TPSA) is 288 Å². The summed E-state index contributed by atoms with van der Waals surface area (Å²) < 4.78 is 73.3. The Hall–Kier alpha value is -3.38. The highest BCUT2D eigenvalue weighted by atomic mass is 16.7. The zero-order chi connectivity index (χ0) is 47.9. The summed E-state index contributed by atoms with van der Waals surface area (Å²) in [5, 5.41) is 17.5. The number of nitrogens with zero attached hydrogens (tertiary/aromatic N) is 2. The second kappa shape index (κ2) is 47.1. The molecule has 0 aromatic heterocycles. The summed E-state index contributed by atoms with van der Waals surface area (Å²) in [4.78, 5) is 69.7. The molecule has 0 aromatic carbocycles. The molecule has 2 aliphatic heterocycles. The number of methoxy groups -OCH3 is 2. The number of rotatable bonds is 43. The molecule has 0 radical (unpaired) electrons. The zero-order valence-electron chi connectivity index (χ0n) is 38.0. The smallest absolute Gasteiger partial charge is 0.335 e. The van der Waals surface area contributed by atoms with Crippen molar-refractivity contribution in [3.63, 3.8) is 0 Å². The lowest BCUT2D eigenvalue weighted by Gasteiger charge is -2.12. The SMILES string of the molecule is COCCOCCOCCOCCOCCOCCOCCC(=O)O.COCCOCCOCCOCCOCCOCCOCCC(=O)ON1C(=O)CCC1=O.O=C1CCC(=O)N1O. The van der Waals surface area contributed by atoms with Gasteiger partial charge >= 0.3 is 11.9 Å². The minimum atomic E-state index is -0.866. The van der Waals surface area contributed by atoms with Crippen molar-refractivity contribution in [3.05, 3.63) is 0 Å². The summed E-state index contributed by atoms with van der Waals surface area (Å²) >= 11 is 0. The third-order valence-corrected chi connectivity index (χ3v) is 7.72. The zero-order valence-corrected chi connectivity index (χ0v) is 38.0. The Balaban J connectivity index is 0.00000109. The van der Waals surface area contributed by atoms with E-state index in [1.165, 1.54) is 0 Å². The first kappa shape index (κ1) is 61.6. The van der Waals surface area contributed by atoms with Crippen LogP contribution in [0.5, 0.6) is 0 Å². The Labute approximate surface area is 380 Å². The van der Waals surface area contributed by atoms with Gasteiger partial charge in [0.25, 0.3) is 23.6 Å². The number of ether oxygens (including phenoxy) is 14. The van der Waals surface area contributed by atoms with E-state index in [0.29, 0.717) is 164 Å². The van der Waals surface area contributed by atoms with Gasteiger partial charge in [0.1, 0.15) is 0 Å². The number of aliphatic carboxylic acids is 1. The van der Waals surface area contributed by atoms with E-state index in [1.807, 2.05) is 0 Å². The Kier molecular flexibility index (Phi) is 44.7. The van der Waals surface area contributed by atoms with E-state index in [2.05, 4.69) is 0 Å². The summed E-state index contributed by atoms with van der Waals surface area (Å²) in [6, 6.07) is 0. The molecule has 0 aromatic rings. The van der Waals surface area contributed by atoms with E-state index >= 15 is 0 Å². The van der Waals surface area contributed by atoms with Gasteiger partial charge in [-0.3, -0.25) is 29.2 Å². The highest BCUT2D eigenvalue weighted by Gasteiger charge is 2.32. The van der Waals surface area contributed by atoms with E-state index in [0.717, 1.165) is 0 Å². The lowest BCUT2D eigenvalue weighted by molar-refractivity contribution is -0.198. The van der Waals surface area contributed by atoms with Crippen LogP contribution in [0.2, 0.25) is 0 Å². The lowest BCUT2D eigenvalue weighted by atomic mass is 10.4. The van der Waals surface area contributed by atoms with Gasteiger partial charge in [0.15, 0.2) is 0 Å². The summed E-state index contributed by atoms with van der Waals surface area (Å²) in [6.07, 6.45) is 0.380. The van der Waals surface area contributed by atoms with E-state index in [1.54, 1.807) is 14.2 Å². The van der Waals surface area contributed by atoms with Crippen molar-refractivity contribution in [1.82, 2.24) is 10.1 Å². The van der Waals surface area contributed by atoms with Gasteiger partial charge in [-0.1, -0.05) is 0 Å². The average Bonchev–Trinajstić information content (AvgIpc) is 3.77. The predicted octanol–water partition coefficient (Wildman–Crippen LogP) is -0.539. The van der Waals surface area contributed by atoms with Crippen LogP contribution in [0.25, 0.3) is 0 Å². The van der Waals surface area contributed by atoms with E-state index < -0.39 is 35.6 Å². The third kappa shape index (κ3) is 41.8. The summed E-state index contributed by atoms with van der Waals surface area (Å²) in [6.45, 7) is 12.0. The monoisotopic (exact) mass is 948 g/mol. The number of hydrogen-bond donors (Lipinski definition) is 2. The largest absolute Gasteiger partial charge is 0.481 e. The van der Waals surface area contributed by atoms with Crippen LogP contribution in [-0.2, 0) is 99.9 Å². The quantitative estimate of drug-likeness (QED) is 0.0441. The molecule has 65 heavy (non-hydrogen) atoms. The van der Waals surface area contributed by atoms with Crippen molar-refractivity contribution < 1.29 is 110 Å². The molecule has 2 aliphatic rings. The molecule has 380 valence electrons. The first-order valence-electron chi connectivity index (χ1n) is 21.4. The molecule has 0 bridgehead atoms. The highest BCUT2D eigenvalue weighted by molar-refractivity contribution is 6.01. The lowest BCUT2D eigenvalue weighted by Crippen LogP contribution is -2.32. The maximum atomic E-state index is 11.6. The first-order chi connectivity index (χ1) is 31.6. The Morgan fingerprint density at radius 1 is 0.385 bits per heavy atom. The molecule has 2 heterocycles. The Morgan fingerprint density at radius 3 is 0.846 bits per heavy atom. The van der Waals surface area contributed by atoms with Gasteiger partial charge in [-0.25, -0.2) is 4.79 Å². The number of hydroxylamine groups is 4. The molecule has 2 fully saturated rings. The first-order valence-corrected chi connectivity index (χ1v) is 21.4. The van der Waals surface area contributed by atoms with Crippen molar-refractivity contribution in [1.29, 1.82) is 0 Å². The predicted molar refractivity (Wildman–Crippen MR) is 221 cm³/mol. The van der Waals surface area contributed by atoms with Crippen LogP contribution < -0.4 is 0 Å². The van der Waals surface area contributed by atoms with Crippen molar-refractivity contribution in [2.45, 2.75) is 38.5 Å². The molecular formula is C40H72N2O23. The van der Waals surface area contributed by atoms with Gasteiger partial charge in [-0.2, -0.15) is 5.06 Å². The van der Waals surface area contributed by atoms with Crippen LogP contribution in [0.15, 0.2) is 0 Å². The standard InChI is InChI=1S/C20H35NO11.C16H32O9.C4H5NO3/c1-25-6-7-27-10-11-29-14-15-31-17-16-30-13-12-28-9-8-26-5-4-20(24)32-21-18(22)2-3-19(21)23;1-19-4-5-21-8-9-23-12-13-25-15-14-24-11-10-22-7-6-20-3-2-16(17)18;6-3-1-2-4(7)5(3)8/h2-17H2,1H3;2-15H2,1H3,(H,17,18);8H,1-2H2.